The van der Waals surface area contributed by atoms with Crippen molar-refractivity contribution in [2.24, 2.45) is 0 Å². The van der Waals surface area contributed by atoms with Crippen LogP contribution in [0, 0.1) is 0 Å². The van der Waals surface area contributed by atoms with E-state index in [1.165, 1.54) is 20.0 Å². The zero-order valence-corrected chi connectivity index (χ0v) is 9.40. The quantitative estimate of drug-likeness (QED) is 0.585. The van der Waals surface area contributed by atoms with Gasteiger partial charge in [-0.15, -0.1) is 0 Å². The minimum atomic E-state index is -0.620. The summed E-state index contributed by atoms with van der Waals surface area (Å²) in [6, 6.07) is 0.583. The van der Waals surface area contributed by atoms with E-state index in [2.05, 4.69) is 5.32 Å². The number of nitrogens with zero attached hydrogens (tertiary/aromatic N) is 1. The highest BCUT2D eigenvalue weighted by atomic mass is 16.5. The Labute approximate surface area is 90.4 Å². The molecule has 1 aliphatic carbocycles. The van der Waals surface area contributed by atoms with E-state index in [-0.39, 0.29) is 19.1 Å². The molecule has 0 bridgehead atoms. The summed E-state index contributed by atoms with van der Waals surface area (Å²) in [5.41, 5.74) is 0. The number of ether oxygens (including phenoxy) is 1. The van der Waals surface area contributed by atoms with E-state index < -0.39 is 6.10 Å². The van der Waals surface area contributed by atoms with E-state index in [9.17, 15) is 9.90 Å². The van der Waals surface area contributed by atoms with Crippen LogP contribution in [-0.4, -0.2) is 61.9 Å². The molecule has 1 unspecified atom stereocenters. The lowest BCUT2D eigenvalue weighted by molar-refractivity contribution is -0.122. The van der Waals surface area contributed by atoms with Gasteiger partial charge in [0.2, 0.25) is 5.91 Å². The second-order valence-electron chi connectivity index (χ2n) is 4.06. The summed E-state index contributed by atoms with van der Waals surface area (Å²) >= 11 is 0. The van der Waals surface area contributed by atoms with Crippen molar-refractivity contribution in [3.8, 4) is 0 Å². The van der Waals surface area contributed by atoms with Crippen LogP contribution < -0.4 is 5.32 Å². The Hall–Kier alpha value is -0.650. The summed E-state index contributed by atoms with van der Waals surface area (Å²) in [5.74, 6) is -0.0421. The topological polar surface area (TPSA) is 61.8 Å². The van der Waals surface area contributed by atoms with E-state index in [4.69, 9.17) is 4.74 Å². The van der Waals surface area contributed by atoms with Crippen LogP contribution in [0.3, 0.4) is 0 Å². The van der Waals surface area contributed by atoms with Crippen LogP contribution in [0.25, 0.3) is 0 Å². The molecule has 1 aliphatic rings. The number of hydrogen-bond acceptors (Lipinski definition) is 4. The molecule has 0 aromatic heterocycles. The van der Waals surface area contributed by atoms with Gasteiger partial charge in [-0.1, -0.05) is 0 Å². The first-order chi connectivity index (χ1) is 7.13. The highest BCUT2D eigenvalue weighted by Crippen LogP contribution is 2.24. The summed E-state index contributed by atoms with van der Waals surface area (Å²) in [7, 11) is 3.47. The zero-order chi connectivity index (χ0) is 11.3. The fourth-order valence-corrected chi connectivity index (χ4v) is 1.41. The van der Waals surface area contributed by atoms with Crippen molar-refractivity contribution in [1.82, 2.24) is 10.2 Å². The number of hydrogen-bond donors (Lipinski definition) is 2. The summed E-state index contributed by atoms with van der Waals surface area (Å²) in [5, 5.41) is 12.0. The highest BCUT2D eigenvalue weighted by Gasteiger charge is 2.27. The smallest absolute Gasteiger partial charge is 0.234 e. The maximum absolute atomic E-state index is 11.4. The second-order valence-corrected chi connectivity index (χ2v) is 4.06. The lowest BCUT2D eigenvalue weighted by Crippen LogP contribution is -2.40. The van der Waals surface area contributed by atoms with Gasteiger partial charge in [0.1, 0.15) is 0 Å². The van der Waals surface area contributed by atoms with Gasteiger partial charge in [-0.25, -0.2) is 0 Å². The number of carbonyl (C=O) groups excluding carboxylic acids is 1. The molecule has 1 amide bonds. The van der Waals surface area contributed by atoms with Gasteiger partial charge in [-0.3, -0.25) is 9.69 Å². The van der Waals surface area contributed by atoms with Crippen molar-refractivity contribution in [2.75, 3.05) is 33.9 Å². The van der Waals surface area contributed by atoms with Crippen LogP contribution in [0.4, 0.5) is 0 Å². The van der Waals surface area contributed by atoms with Gasteiger partial charge in [0.25, 0.3) is 0 Å². The van der Waals surface area contributed by atoms with Crippen molar-refractivity contribution < 1.29 is 14.6 Å². The lowest BCUT2D eigenvalue weighted by Gasteiger charge is -2.16. The Balaban J connectivity index is 2.06. The first-order valence-electron chi connectivity index (χ1n) is 5.27. The number of carbonyl (C=O) groups is 1. The molecule has 0 aliphatic heterocycles. The third-order valence-electron chi connectivity index (χ3n) is 2.46. The predicted molar refractivity (Wildman–Crippen MR) is 56.5 cm³/mol. The van der Waals surface area contributed by atoms with Crippen molar-refractivity contribution >= 4 is 5.91 Å². The van der Waals surface area contributed by atoms with Crippen LogP contribution >= 0.6 is 0 Å². The monoisotopic (exact) mass is 216 g/mol. The van der Waals surface area contributed by atoms with Gasteiger partial charge in [-0.05, 0) is 19.9 Å². The number of amides is 1. The van der Waals surface area contributed by atoms with Gasteiger partial charge in [-0.2, -0.15) is 0 Å². The molecule has 0 heterocycles. The van der Waals surface area contributed by atoms with Crippen molar-refractivity contribution in [3.05, 3.63) is 0 Å². The molecule has 88 valence electrons. The molecule has 5 heteroatoms. The van der Waals surface area contributed by atoms with Crippen LogP contribution in [0.2, 0.25) is 0 Å². The van der Waals surface area contributed by atoms with Crippen LogP contribution in [0.5, 0.6) is 0 Å². The van der Waals surface area contributed by atoms with E-state index in [0.29, 0.717) is 12.6 Å². The molecule has 1 rings (SSSR count). The molecule has 0 saturated heterocycles. The van der Waals surface area contributed by atoms with E-state index in [1.807, 2.05) is 11.9 Å². The number of likely N-dealkylation sites (N-methyl/N-ethyl adjacent to an activating group) is 1. The van der Waals surface area contributed by atoms with E-state index in [0.717, 1.165) is 0 Å². The molecule has 2 N–H and O–H groups in total. The first-order valence-corrected chi connectivity index (χ1v) is 5.27. The lowest BCUT2D eigenvalue weighted by atomic mass is 10.3. The molecule has 0 spiro atoms. The summed E-state index contributed by atoms with van der Waals surface area (Å²) in [6.45, 7) is 0.911. The second kappa shape index (κ2) is 6.05. The molecule has 0 aromatic rings. The standard InChI is InChI=1S/C10H20N2O3/c1-12(8-3-4-8)6-10(14)11-5-9(13)7-15-2/h8-9,13H,3-7H2,1-2H3,(H,11,14). The van der Waals surface area contributed by atoms with Gasteiger partial charge in [0.15, 0.2) is 0 Å². The normalized spacial score (nSPS) is 17.9. The number of methoxy groups -OCH3 is 1. The molecular formula is C10H20N2O3. The molecule has 0 radical (unpaired) electrons. The maximum Gasteiger partial charge on any atom is 0.234 e. The number of aliphatic hydroxyl groups excluding tert-OH is 1. The van der Waals surface area contributed by atoms with Crippen LogP contribution in [-0.2, 0) is 9.53 Å². The van der Waals surface area contributed by atoms with Crippen molar-refractivity contribution in [3.63, 3.8) is 0 Å². The van der Waals surface area contributed by atoms with E-state index >= 15 is 0 Å². The van der Waals surface area contributed by atoms with Crippen molar-refractivity contribution in [1.29, 1.82) is 0 Å². The molecule has 1 atom stereocenters. The molecule has 1 saturated carbocycles. The number of aliphatic hydroxyl groups is 1. The largest absolute Gasteiger partial charge is 0.389 e. The summed E-state index contributed by atoms with van der Waals surface area (Å²) in [6.07, 6.45) is 1.76. The molecule has 5 nitrogen and oxygen atoms in total. The minimum absolute atomic E-state index is 0.0421. The average molecular weight is 216 g/mol. The minimum Gasteiger partial charge on any atom is -0.389 e. The average Bonchev–Trinajstić information content (AvgIpc) is 2.98. The Morgan fingerprint density at radius 1 is 1.67 bits per heavy atom. The molecular weight excluding hydrogens is 196 g/mol. The Morgan fingerprint density at radius 3 is 2.87 bits per heavy atom. The van der Waals surface area contributed by atoms with Gasteiger partial charge >= 0.3 is 0 Å². The van der Waals surface area contributed by atoms with E-state index in [1.54, 1.807) is 0 Å². The fraction of sp³-hybridized carbons (Fsp3) is 0.900. The van der Waals surface area contributed by atoms with Crippen LogP contribution in [0.15, 0.2) is 0 Å². The van der Waals surface area contributed by atoms with Gasteiger partial charge in [0.05, 0.1) is 19.3 Å². The molecule has 0 aromatic carbocycles. The van der Waals surface area contributed by atoms with Gasteiger partial charge in [0, 0.05) is 19.7 Å². The Morgan fingerprint density at radius 2 is 2.33 bits per heavy atom. The SMILES string of the molecule is COCC(O)CNC(=O)CN(C)C1CC1. The number of rotatable bonds is 7. The maximum atomic E-state index is 11.4. The highest BCUT2D eigenvalue weighted by molar-refractivity contribution is 5.78. The number of nitrogens with one attached hydrogen (secondary N) is 1. The summed E-state index contributed by atoms with van der Waals surface area (Å²) < 4.78 is 4.75. The summed E-state index contributed by atoms with van der Waals surface area (Å²) in [4.78, 5) is 13.4. The molecule has 1 fully saturated rings. The third-order valence-corrected chi connectivity index (χ3v) is 2.46. The van der Waals surface area contributed by atoms with Crippen LogP contribution in [0.1, 0.15) is 12.8 Å². The predicted octanol–water partition coefficient (Wildman–Crippen LogP) is -0.796. The Kier molecular flexibility index (Phi) is 5.01. The zero-order valence-electron chi connectivity index (χ0n) is 9.40. The van der Waals surface area contributed by atoms with Gasteiger partial charge < -0.3 is 15.2 Å². The molecule has 15 heavy (non-hydrogen) atoms. The Bertz CT molecular complexity index is 207. The van der Waals surface area contributed by atoms with Crippen molar-refractivity contribution in [2.45, 2.75) is 25.0 Å². The third kappa shape index (κ3) is 5.11. The first kappa shape index (κ1) is 12.4. The fourth-order valence-electron chi connectivity index (χ4n) is 1.41.